The van der Waals surface area contributed by atoms with Crippen LogP contribution in [0.1, 0.15) is 35.4 Å². The van der Waals surface area contributed by atoms with Gasteiger partial charge < -0.3 is 14.5 Å². The molecule has 2 aromatic carbocycles. The van der Waals surface area contributed by atoms with Crippen molar-refractivity contribution in [1.29, 1.82) is 0 Å². The molecule has 1 aromatic heterocycles. The Kier molecular flexibility index (Phi) is 7.98. The molecule has 31 heavy (non-hydrogen) atoms. The van der Waals surface area contributed by atoms with Crippen LogP contribution in [-0.2, 0) is 27.2 Å². The first kappa shape index (κ1) is 22.3. The van der Waals surface area contributed by atoms with Crippen molar-refractivity contribution >= 4 is 11.9 Å². The predicted octanol–water partition coefficient (Wildman–Crippen LogP) is 4.18. The van der Waals surface area contributed by atoms with Crippen LogP contribution in [0.3, 0.4) is 0 Å². The summed E-state index contributed by atoms with van der Waals surface area (Å²) in [7, 11) is 0. The minimum atomic E-state index is -0.344. The van der Waals surface area contributed by atoms with Crippen molar-refractivity contribution in [3.63, 3.8) is 0 Å². The minimum Gasteiger partial charge on any atom is -0.464 e. The van der Waals surface area contributed by atoms with Crippen molar-refractivity contribution in [2.75, 3.05) is 13.2 Å². The Hall–Kier alpha value is -3.41. The molecule has 0 aliphatic carbocycles. The molecule has 0 bridgehead atoms. The second kappa shape index (κ2) is 11.1. The normalized spacial score (nSPS) is 10.6. The second-order valence-electron chi connectivity index (χ2n) is 7.54. The summed E-state index contributed by atoms with van der Waals surface area (Å²) in [5.74, 6) is 0.776. The lowest BCUT2D eigenvalue weighted by Crippen LogP contribution is -2.28. The van der Waals surface area contributed by atoms with E-state index in [1.807, 2.05) is 62.4 Å². The van der Waals surface area contributed by atoms with Gasteiger partial charge in [0.2, 0.25) is 5.91 Å². The fraction of sp³-hybridized carbons (Fsp3) is 0.320. The van der Waals surface area contributed by atoms with Crippen LogP contribution < -0.4 is 5.32 Å². The maximum absolute atomic E-state index is 11.9. The molecule has 1 amide bonds. The molecule has 0 saturated carbocycles. The molecule has 0 radical (unpaired) electrons. The van der Waals surface area contributed by atoms with Crippen molar-refractivity contribution in [2.45, 2.75) is 39.5 Å². The number of carbonyl (C=O) groups is 2. The van der Waals surface area contributed by atoms with Gasteiger partial charge in [-0.3, -0.25) is 9.59 Å². The zero-order valence-corrected chi connectivity index (χ0v) is 18.0. The van der Waals surface area contributed by atoms with E-state index in [-0.39, 0.29) is 24.9 Å². The van der Waals surface area contributed by atoms with Crippen molar-refractivity contribution in [3.05, 3.63) is 77.3 Å². The minimum absolute atomic E-state index is 0.0555. The second-order valence-corrected chi connectivity index (χ2v) is 7.54. The molecule has 6 nitrogen and oxygen atoms in total. The van der Waals surface area contributed by atoms with Gasteiger partial charge in [-0.1, -0.05) is 59.7 Å². The number of rotatable bonds is 10. The Morgan fingerprint density at radius 2 is 1.61 bits per heavy atom. The highest BCUT2D eigenvalue weighted by atomic mass is 16.5. The number of nitrogens with one attached hydrogen (secondary N) is 1. The van der Waals surface area contributed by atoms with Gasteiger partial charge in [0.1, 0.15) is 6.61 Å². The first-order valence-electron chi connectivity index (χ1n) is 10.5. The van der Waals surface area contributed by atoms with Gasteiger partial charge >= 0.3 is 5.97 Å². The van der Waals surface area contributed by atoms with Gasteiger partial charge in [-0.2, -0.15) is 0 Å². The zero-order chi connectivity index (χ0) is 22.1. The van der Waals surface area contributed by atoms with Crippen LogP contribution in [0.2, 0.25) is 0 Å². The Labute approximate surface area is 182 Å². The van der Waals surface area contributed by atoms with Crippen LogP contribution in [0.5, 0.6) is 0 Å². The summed E-state index contributed by atoms with van der Waals surface area (Å²) in [5.41, 5.74) is 4.45. The highest BCUT2D eigenvalue weighted by Gasteiger charge is 2.10. The van der Waals surface area contributed by atoms with Crippen LogP contribution >= 0.6 is 0 Å². The van der Waals surface area contributed by atoms with E-state index in [4.69, 9.17) is 9.15 Å². The first-order valence-corrected chi connectivity index (χ1v) is 10.5. The molecule has 0 fully saturated rings. The smallest absolute Gasteiger partial charge is 0.306 e. The number of carbonyl (C=O) groups excluding carboxylic acids is 2. The molecule has 0 unspecified atom stereocenters. The molecule has 0 saturated heterocycles. The Morgan fingerprint density at radius 3 is 2.32 bits per heavy atom. The molecule has 0 aliphatic heterocycles. The van der Waals surface area contributed by atoms with Crippen molar-refractivity contribution < 1.29 is 18.7 Å². The molecule has 0 aliphatic rings. The van der Waals surface area contributed by atoms with E-state index >= 15 is 0 Å². The number of nitrogens with zero attached hydrogens (tertiary/aromatic N) is 1. The average molecular weight is 421 g/mol. The van der Waals surface area contributed by atoms with Crippen LogP contribution in [0.4, 0.5) is 0 Å². The fourth-order valence-corrected chi connectivity index (χ4v) is 3.01. The highest BCUT2D eigenvalue weighted by Crippen LogP contribution is 2.21. The van der Waals surface area contributed by atoms with Gasteiger partial charge in [-0.15, -0.1) is 0 Å². The van der Waals surface area contributed by atoms with Crippen molar-refractivity contribution in [2.24, 2.45) is 0 Å². The number of amides is 1. The van der Waals surface area contributed by atoms with Crippen molar-refractivity contribution in [3.8, 4) is 11.3 Å². The van der Waals surface area contributed by atoms with E-state index in [1.54, 1.807) is 6.20 Å². The molecule has 0 spiro atoms. The Balaban J connectivity index is 1.29. The third-order valence-corrected chi connectivity index (χ3v) is 4.88. The molecule has 162 valence electrons. The predicted molar refractivity (Wildman–Crippen MR) is 118 cm³/mol. The Bertz CT molecular complexity index is 991. The standard InChI is InChI=1S/C25H28N2O4/c1-18-3-7-20(8-4-18)9-12-23(28)26-15-16-30-25(29)14-13-24-27-17-22(31-24)21-10-5-19(2)6-11-21/h3-8,10-11,17H,9,12-16H2,1-2H3,(H,26,28). The summed E-state index contributed by atoms with van der Waals surface area (Å²) in [6.07, 6.45) is 3.30. The summed E-state index contributed by atoms with van der Waals surface area (Å²) in [6, 6.07) is 16.1. The zero-order valence-electron chi connectivity index (χ0n) is 18.0. The van der Waals surface area contributed by atoms with Crippen molar-refractivity contribution in [1.82, 2.24) is 10.3 Å². The lowest BCUT2D eigenvalue weighted by Gasteiger charge is -2.07. The summed E-state index contributed by atoms with van der Waals surface area (Å²) in [4.78, 5) is 28.0. The average Bonchev–Trinajstić information content (AvgIpc) is 3.24. The Morgan fingerprint density at radius 1 is 0.935 bits per heavy atom. The molecular weight excluding hydrogens is 392 g/mol. The number of ether oxygens (including phenoxy) is 1. The third kappa shape index (κ3) is 7.41. The topological polar surface area (TPSA) is 81.4 Å². The monoisotopic (exact) mass is 420 g/mol. The third-order valence-electron chi connectivity index (χ3n) is 4.88. The lowest BCUT2D eigenvalue weighted by molar-refractivity contribution is -0.144. The summed E-state index contributed by atoms with van der Waals surface area (Å²) < 4.78 is 10.9. The van der Waals surface area contributed by atoms with Gasteiger partial charge in [-0.25, -0.2) is 4.98 Å². The quantitative estimate of drug-likeness (QED) is 0.393. The maximum atomic E-state index is 11.9. The van der Waals surface area contributed by atoms with E-state index in [0.717, 1.165) is 11.1 Å². The molecule has 0 atom stereocenters. The molecule has 6 heteroatoms. The first-order chi connectivity index (χ1) is 15.0. The number of aromatic nitrogens is 1. The van der Waals surface area contributed by atoms with Gasteiger partial charge in [0.15, 0.2) is 11.7 Å². The van der Waals surface area contributed by atoms with Crippen LogP contribution in [0.25, 0.3) is 11.3 Å². The van der Waals surface area contributed by atoms with Gasteiger partial charge in [0, 0.05) is 18.4 Å². The largest absolute Gasteiger partial charge is 0.464 e. The number of benzene rings is 2. The van der Waals surface area contributed by atoms with Gasteiger partial charge in [0.05, 0.1) is 19.2 Å². The fourth-order valence-electron chi connectivity index (χ4n) is 3.01. The van der Waals surface area contributed by atoms with Crippen LogP contribution in [-0.4, -0.2) is 30.0 Å². The number of hydrogen-bond acceptors (Lipinski definition) is 5. The number of hydrogen-bond donors (Lipinski definition) is 1. The van der Waals surface area contributed by atoms with Gasteiger partial charge in [0.25, 0.3) is 0 Å². The van der Waals surface area contributed by atoms with Crippen LogP contribution in [0.15, 0.2) is 59.1 Å². The summed E-state index contributed by atoms with van der Waals surface area (Å²) in [6.45, 7) is 4.51. The van der Waals surface area contributed by atoms with E-state index in [0.29, 0.717) is 37.5 Å². The van der Waals surface area contributed by atoms with E-state index < -0.39 is 0 Å². The van der Waals surface area contributed by atoms with Gasteiger partial charge in [-0.05, 0) is 25.8 Å². The molecule has 1 N–H and O–H groups in total. The molecular formula is C25H28N2O4. The SMILES string of the molecule is Cc1ccc(CCC(=O)NCCOC(=O)CCc2ncc(-c3ccc(C)cc3)o2)cc1. The molecule has 3 rings (SSSR count). The lowest BCUT2D eigenvalue weighted by atomic mass is 10.1. The molecule has 3 aromatic rings. The summed E-state index contributed by atoms with van der Waals surface area (Å²) in [5, 5.41) is 2.77. The summed E-state index contributed by atoms with van der Waals surface area (Å²) >= 11 is 0. The number of esters is 1. The maximum Gasteiger partial charge on any atom is 0.306 e. The number of oxazole rings is 1. The highest BCUT2D eigenvalue weighted by molar-refractivity contribution is 5.76. The van der Waals surface area contributed by atoms with E-state index in [2.05, 4.69) is 10.3 Å². The number of aryl methyl sites for hydroxylation is 4. The van der Waals surface area contributed by atoms with E-state index in [9.17, 15) is 9.59 Å². The van der Waals surface area contributed by atoms with E-state index in [1.165, 1.54) is 11.1 Å². The van der Waals surface area contributed by atoms with Crippen LogP contribution in [0, 0.1) is 13.8 Å². The molecule has 1 heterocycles.